The zero-order chi connectivity index (χ0) is 18.6. The standard InChI is InChI=1S/C19H28ClN3O2/c1-5-6-17(24)23-11-9-22(10-12-23)16-8-7-14(20)13-15(16)21-18(25)19(2,3)4/h7-8,13H,5-6,9-12H2,1-4H3,(H,21,25). The van der Waals surface area contributed by atoms with Crippen LogP contribution in [0.25, 0.3) is 0 Å². The van der Waals surface area contributed by atoms with Crippen molar-refractivity contribution in [3.8, 4) is 0 Å². The molecular formula is C19H28ClN3O2. The Labute approximate surface area is 155 Å². The number of rotatable bonds is 4. The summed E-state index contributed by atoms with van der Waals surface area (Å²) in [7, 11) is 0. The third kappa shape index (κ3) is 5.11. The summed E-state index contributed by atoms with van der Waals surface area (Å²) in [6.45, 7) is 10.6. The fourth-order valence-corrected chi connectivity index (χ4v) is 2.93. The molecule has 6 heteroatoms. The zero-order valence-electron chi connectivity index (χ0n) is 15.6. The van der Waals surface area contributed by atoms with Crippen molar-refractivity contribution in [2.75, 3.05) is 36.4 Å². The van der Waals surface area contributed by atoms with E-state index in [9.17, 15) is 9.59 Å². The minimum Gasteiger partial charge on any atom is -0.366 e. The van der Waals surface area contributed by atoms with Gasteiger partial charge < -0.3 is 15.1 Å². The number of anilines is 2. The summed E-state index contributed by atoms with van der Waals surface area (Å²) in [5.41, 5.74) is 1.19. The average molecular weight is 366 g/mol. The van der Waals surface area contributed by atoms with Crippen LogP contribution in [0.2, 0.25) is 5.02 Å². The van der Waals surface area contributed by atoms with Crippen LogP contribution in [-0.2, 0) is 9.59 Å². The second-order valence-corrected chi connectivity index (χ2v) is 7.92. The van der Waals surface area contributed by atoms with Gasteiger partial charge in [0.05, 0.1) is 11.4 Å². The van der Waals surface area contributed by atoms with E-state index in [1.165, 1.54) is 0 Å². The molecule has 0 radical (unpaired) electrons. The van der Waals surface area contributed by atoms with Gasteiger partial charge >= 0.3 is 0 Å². The predicted octanol–water partition coefficient (Wildman–Crippen LogP) is 3.77. The maximum Gasteiger partial charge on any atom is 0.229 e. The average Bonchev–Trinajstić information content (AvgIpc) is 2.54. The van der Waals surface area contributed by atoms with E-state index in [0.29, 0.717) is 24.5 Å². The lowest BCUT2D eigenvalue weighted by atomic mass is 9.95. The molecule has 0 aromatic heterocycles. The Morgan fingerprint density at radius 1 is 1.16 bits per heavy atom. The molecule has 1 aromatic carbocycles. The lowest BCUT2D eigenvalue weighted by Gasteiger charge is -2.37. The first-order valence-corrected chi connectivity index (χ1v) is 9.24. The molecule has 1 aliphatic rings. The SMILES string of the molecule is CCCC(=O)N1CCN(c2ccc(Cl)cc2NC(=O)C(C)(C)C)CC1. The first-order chi connectivity index (χ1) is 11.7. The van der Waals surface area contributed by atoms with Crippen molar-refractivity contribution in [3.05, 3.63) is 23.2 Å². The molecule has 25 heavy (non-hydrogen) atoms. The van der Waals surface area contributed by atoms with E-state index in [1.54, 1.807) is 6.07 Å². The summed E-state index contributed by atoms with van der Waals surface area (Å²) >= 11 is 6.13. The highest BCUT2D eigenvalue weighted by atomic mass is 35.5. The normalized spacial score (nSPS) is 15.2. The molecule has 1 heterocycles. The number of hydrogen-bond acceptors (Lipinski definition) is 3. The molecule has 0 saturated carbocycles. The van der Waals surface area contributed by atoms with Gasteiger partial charge in [-0.05, 0) is 24.6 Å². The molecule has 1 fully saturated rings. The molecule has 1 aromatic rings. The number of carbonyl (C=O) groups is 2. The highest BCUT2D eigenvalue weighted by Crippen LogP contribution is 2.31. The van der Waals surface area contributed by atoms with Gasteiger partial charge in [0.25, 0.3) is 0 Å². The Morgan fingerprint density at radius 2 is 1.80 bits per heavy atom. The molecule has 0 aliphatic carbocycles. The van der Waals surface area contributed by atoms with Crippen molar-refractivity contribution in [3.63, 3.8) is 0 Å². The Balaban J connectivity index is 2.12. The summed E-state index contributed by atoms with van der Waals surface area (Å²) in [6.07, 6.45) is 1.48. The third-order valence-electron chi connectivity index (χ3n) is 4.32. The molecule has 138 valence electrons. The largest absolute Gasteiger partial charge is 0.366 e. The topological polar surface area (TPSA) is 52.7 Å². The van der Waals surface area contributed by atoms with Gasteiger partial charge in [0.1, 0.15) is 0 Å². The second-order valence-electron chi connectivity index (χ2n) is 7.48. The van der Waals surface area contributed by atoms with Gasteiger partial charge in [0, 0.05) is 43.0 Å². The molecule has 5 nitrogen and oxygen atoms in total. The third-order valence-corrected chi connectivity index (χ3v) is 4.56. The fourth-order valence-electron chi connectivity index (χ4n) is 2.76. The fraction of sp³-hybridized carbons (Fsp3) is 0.579. The van der Waals surface area contributed by atoms with Crippen LogP contribution in [0.5, 0.6) is 0 Å². The van der Waals surface area contributed by atoms with E-state index in [-0.39, 0.29) is 11.8 Å². The van der Waals surface area contributed by atoms with Crippen LogP contribution < -0.4 is 10.2 Å². The predicted molar refractivity (Wildman–Crippen MR) is 103 cm³/mol. The van der Waals surface area contributed by atoms with Crippen LogP contribution in [0.1, 0.15) is 40.5 Å². The molecule has 1 saturated heterocycles. The Hall–Kier alpha value is -1.75. The maximum absolute atomic E-state index is 12.4. The van der Waals surface area contributed by atoms with Crippen LogP contribution in [0.15, 0.2) is 18.2 Å². The molecule has 0 atom stereocenters. The molecule has 2 rings (SSSR count). The number of nitrogens with zero attached hydrogens (tertiary/aromatic N) is 2. The number of nitrogens with one attached hydrogen (secondary N) is 1. The van der Waals surface area contributed by atoms with Crippen LogP contribution in [0.4, 0.5) is 11.4 Å². The van der Waals surface area contributed by atoms with E-state index < -0.39 is 5.41 Å². The minimum absolute atomic E-state index is 0.0484. The molecule has 1 aliphatic heterocycles. The summed E-state index contributed by atoms with van der Waals surface area (Å²) in [4.78, 5) is 28.5. The Bertz CT molecular complexity index is 632. The van der Waals surface area contributed by atoms with Crippen LogP contribution in [-0.4, -0.2) is 42.9 Å². The van der Waals surface area contributed by atoms with Crippen LogP contribution in [0, 0.1) is 5.41 Å². The second kappa shape index (κ2) is 8.09. The van der Waals surface area contributed by atoms with E-state index in [4.69, 9.17) is 11.6 Å². The van der Waals surface area contributed by atoms with Crippen molar-refractivity contribution < 1.29 is 9.59 Å². The molecule has 0 spiro atoms. The van der Waals surface area contributed by atoms with Gasteiger partial charge in [0.2, 0.25) is 11.8 Å². The first kappa shape index (κ1) is 19.6. The summed E-state index contributed by atoms with van der Waals surface area (Å²) < 4.78 is 0. The van der Waals surface area contributed by atoms with Gasteiger partial charge in [-0.2, -0.15) is 0 Å². The van der Waals surface area contributed by atoms with Crippen molar-refractivity contribution >= 4 is 34.8 Å². The van der Waals surface area contributed by atoms with E-state index in [0.717, 1.165) is 30.9 Å². The molecule has 0 bridgehead atoms. The van der Waals surface area contributed by atoms with Gasteiger partial charge in [-0.3, -0.25) is 9.59 Å². The highest BCUT2D eigenvalue weighted by Gasteiger charge is 2.25. The zero-order valence-corrected chi connectivity index (χ0v) is 16.3. The van der Waals surface area contributed by atoms with Crippen molar-refractivity contribution in [2.24, 2.45) is 5.41 Å². The summed E-state index contributed by atoms with van der Waals surface area (Å²) in [5.74, 6) is 0.173. The van der Waals surface area contributed by atoms with E-state index in [2.05, 4.69) is 10.2 Å². The van der Waals surface area contributed by atoms with Gasteiger partial charge in [-0.15, -0.1) is 0 Å². The highest BCUT2D eigenvalue weighted by molar-refractivity contribution is 6.31. The van der Waals surface area contributed by atoms with Gasteiger partial charge in [-0.25, -0.2) is 0 Å². The number of benzene rings is 1. The summed E-state index contributed by atoms with van der Waals surface area (Å²) in [5, 5.41) is 3.58. The van der Waals surface area contributed by atoms with Gasteiger partial charge in [-0.1, -0.05) is 39.3 Å². The van der Waals surface area contributed by atoms with Crippen molar-refractivity contribution in [1.82, 2.24) is 4.90 Å². The lowest BCUT2D eigenvalue weighted by molar-refractivity contribution is -0.131. The van der Waals surface area contributed by atoms with Crippen molar-refractivity contribution in [1.29, 1.82) is 0 Å². The monoisotopic (exact) mass is 365 g/mol. The molecular weight excluding hydrogens is 338 g/mol. The lowest BCUT2D eigenvalue weighted by Crippen LogP contribution is -2.49. The molecule has 2 amide bonds. The van der Waals surface area contributed by atoms with Gasteiger partial charge in [0.15, 0.2) is 0 Å². The number of hydrogen-bond donors (Lipinski definition) is 1. The number of amides is 2. The Kier molecular flexibility index (Phi) is 6.33. The number of halogens is 1. The molecule has 0 unspecified atom stereocenters. The van der Waals surface area contributed by atoms with Crippen molar-refractivity contribution in [2.45, 2.75) is 40.5 Å². The quantitative estimate of drug-likeness (QED) is 0.883. The van der Waals surface area contributed by atoms with E-state index >= 15 is 0 Å². The van der Waals surface area contributed by atoms with E-state index in [1.807, 2.05) is 44.7 Å². The van der Waals surface area contributed by atoms with Crippen LogP contribution >= 0.6 is 11.6 Å². The first-order valence-electron chi connectivity index (χ1n) is 8.86. The minimum atomic E-state index is -0.481. The number of piperazine rings is 1. The smallest absolute Gasteiger partial charge is 0.229 e. The van der Waals surface area contributed by atoms with Crippen LogP contribution in [0.3, 0.4) is 0 Å². The number of carbonyl (C=O) groups excluding carboxylic acids is 2. The Morgan fingerprint density at radius 3 is 2.36 bits per heavy atom. The summed E-state index contributed by atoms with van der Waals surface area (Å²) in [6, 6.07) is 5.55. The maximum atomic E-state index is 12.4. The molecule has 1 N–H and O–H groups in total.